The van der Waals surface area contributed by atoms with E-state index in [0.29, 0.717) is 24.5 Å². The lowest BCUT2D eigenvalue weighted by Crippen LogP contribution is -2.58. The van der Waals surface area contributed by atoms with Gasteiger partial charge in [0.15, 0.2) is 0 Å². The van der Waals surface area contributed by atoms with Gasteiger partial charge in [-0.25, -0.2) is 4.98 Å². The number of likely N-dealkylation sites (N-methyl/N-ethyl adjacent to an activating group) is 2. The lowest BCUT2D eigenvalue weighted by molar-refractivity contribution is -0.135. The van der Waals surface area contributed by atoms with E-state index in [-0.39, 0.29) is 17.9 Å². The molecule has 0 radical (unpaired) electrons. The smallest absolute Gasteiger partial charge is 0.265 e. The Morgan fingerprint density at radius 2 is 1.95 bits per heavy atom. The molecule has 6 nitrogen and oxygen atoms in total. The monoisotopic (exact) mass is 310 g/mol. The molecule has 1 aromatic heterocycles. The van der Waals surface area contributed by atoms with E-state index < -0.39 is 0 Å². The number of aromatic nitrogens is 1. The second-order valence-electron chi connectivity index (χ2n) is 5.63. The van der Waals surface area contributed by atoms with Gasteiger partial charge in [0.2, 0.25) is 5.91 Å². The Labute approximate surface area is 129 Å². The van der Waals surface area contributed by atoms with Crippen LogP contribution in [0.5, 0.6) is 0 Å². The molecule has 0 spiro atoms. The average molecular weight is 310 g/mol. The zero-order chi connectivity index (χ0) is 15.7. The highest BCUT2D eigenvalue weighted by atomic mass is 32.1. The number of piperazine rings is 1. The molecule has 116 valence electrons. The van der Waals surface area contributed by atoms with Crippen LogP contribution < -0.4 is 0 Å². The first-order valence-electron chi connectivity index (χ1n) is 6.96. The van der Waals surface area contributed by atoms with Crippen LogP contribution >= 0.6 is 11.3 Å². The predicted molar refractivity (Wildman–Crippen MR) is 82.6 cm³/mol. The zero-order valence-electron chi connectivity index (χ0n) is 13.2. The first-order chi connectivity index (χ1) is 9.81. The van der Waals surface area contributed by atoms with Crippen LogP contribution in [-0.2, 0) is 4.79 Å². The Morgan fingerprint density at radius 3 is 2.48 bits per heavy atom. The summed E-state index contributed by atoms with van der Waals surface area (Å²) >= 11 is 1.42. The molecule has 1 aliphatic heterocycles. The molecule has 21 heavy (non-hydrogen) atoms. The van der Waals surface area contributed by atoms with Crippen molar-refractivity contribution in [2.75, 3.05) is 40.8 Å². The molecular weight excluding hydrogens is 288 g/mol. The van der Waals surface area contributed by atoms with Gasteiger partial charge in [0.1, 0.15) is 10.9 Å². The molecule has 0 unspecified atom stereocenters. The number of thiazole rings is 1. The summed E-state index contributed by atoms with van der Waals surface area (Å²) in [6.45, 7) is 5.53. The van der Waals surface area contributed by atoms with Crippen LogP contribution in [0.2, 0.25) is 0 Å². The second kappa shape index (κ2) is 6.11. The number of carbonyl (C=O) groups excluding carboxylic acids is 2. The quantitative estimate of drug-likeness (QED) is 0.803. The third-order valence-corrected chi connectivity index (χ3v) is 4.82. The maximum atomic E-state index is 12.6. The van der Waals surface area contributed by atoms with E-state index in [2.05, 4.69) is 4.98 Å². The Balaban J connectivity index is 2.16. The van der Waals surface area contributed by atoms with Crippen molar-refractivity contribution in [1.29, 1.82) is 0 Å². The van der Waals surface area contributed by atoms with Gasteiger partial charge in [-0.3, -0.25) is 14.5 Å². The SMILES string of the molecule is Cc1nc(C)c(C(=O)N2CCN(C)[C@H](C(=O)N(C)C)C2)s1. The topological polar surface area (TPSA) is 56.8 Å². The zero-order valence-corrected chi connectivity index (χ0v) is 14.0. The van der Waals surface area contributed by atoms with Gasteiger partial charge in [-0.2, -0.15) is 0 Å². The average Bonchev–Trinajstić information content (AvgIpc) is 2.76. The fraction of sp³-hybridized carbons (Fsp3) is 0.643. The molecule has 0 aromatic carbocycles. The molecular formula is C14H22N4O2S. The number of hydrogen-bond acceptors (Lipinski definition) is 5. The molecule has 1 atom stereocenters. The normalized spacial score (nSPS) is 19.7. The molecule has 1 fully saturated rings. The Kier molecular flexibility index (Phi) is 4.63. The van der Waals surface area contributed by atoms with E-state index >= 15 is 0 Å². The van der Waals surface area contributed by atoms with Crippen molar-refractivity contribution in [3.05, 3.63) is 15.6 Å². The maximum Gasteiger partial charge on any atom is 0.265 e. The van der Waals surface area contributed by atoms with E-state index in [0.717, 1.165) is 10.7 Å². The van der Waals surface area contributed by atoms with E-state index in [4.69, 9.17) is 0 Å². The summed E-state index contributed by atoms with van der Waals surface area (Å²) in [5.41, 5.74) is 0.775. The third kappa shape index (κ3) is 3.24. The molecule has 7 heteroatoms. The van der Waals surface area contributed by atoms with Crippen molar-refractivity contribution in [3.63, 3.8) is 0 Å². The Bertz CT molecular complexity index is 555. The minimum Gasteiger partial charge on any atom is -0.347 e. The molecule has 1 saturated heterocycles. The molecule has 2 amide bonds. The van der Waals surface area contributed by atoms with Crippen molar-refractivity contribution >= 4 is 23.2 Å². The van der Waals surface area contributed by atoms with Gasteiger partial charge < -0.3 is 9.80 Å². The van der Waals surface area contributed by atoms with Crippen molar-refractivity contribution in [2.24, 2.45) is 0 Å². The summed E-state index contributed by atoms with van der Waals surface area (Å²) < 4.78 is 0. The standard InChI is InChI=1S/C14H22N4O2S/c1-9-12(21-10(2)15-9)14(20)18-7-6-17(5)11(8-18)13(19)16(3)4/h11H,6-8H2,1-5H3/t11-/m0/s1. The van der Waals surface area contributed by atoms with Crippen molar-refractivity contribution in [3.8, 4) is 0 Å². The molecule has 2 rings (SSSR count). The Hall–Kier alpha value is -1.47. The van der Waals surface area contributed by atoms with Gasteiger partial charge in [-0.1, -0.05) is 0 Å². The molecule has 0 N–H and O–H groups in total. The molecule has 0 bridgehead atoms. The number of rotatable bonds is 2. The van der Waals surface area contributed by atoms with Crippen molar-refractivity contribution in [2.45, 2.75) is 19.9 Å². The fourth-order valence-electron chi connectivity index (χ4n) is 2.50. The van der Waals surface area contributed by atoms with Crippen LogP contribution in [-0.4, -0.2) is 78.3 Å². The summed E-state index contributed by atoms with van der Waals surface area (Å²) in [6.07, 6.45) is 0. The summed E-state index contributed by atoms with van der Waals surface area (Å²) in [7, 11) is 5.41. The number of aryl methyl sites for hydroxylation is 2. The lowest BCUT2D eigenvalue weighted by Gasteiger charge is -2.39. The fourth-order valence-corrected chi connectivity index (χ4v) is 3.38. The third-order valence-electron chi connectivity index (χ3n) is 3.76. The van der Waals surface area contributed by atoms with Gasteiger partial charge in [-0.15, -0.1) is 11.3 Å². The number of carbonyl (C=O) groups is 2. The van der Waals surface area contributed by atoms with Crippen LogP contribution in [0, 0.1) is 13.8 Å². The number of hydrogen-bond donors (Lipinski definition) is 0. The van der Waals surface area contributed by atoms with Crippen LogP contribution in [0.3, 0.4) is 0 Å². The van der Waals surface area contributed by atoms with Crippen LogP contribution in [0.4, 0.5) is 0 Å². The largest absolute Gasteiger partial charge is 0.347 e. The molecule has 0 aliphatic carbocycles. The van der Waals surface area contributed by atoms with E-state index in [1.807, 2.05) is 25.8 Å². The minimum absolute atomic E-state index is 0.0113. The molecule has 0 saturated carbocycles. The highest BCUT2D eigenvalue weighted by Crippen LogP contribution is 2.21. The lowest BCUT2D eigenvalue weighted by atomic mass is 10.1. The highest BCUT2D eigenvalue weighted by Gasteiger charge is 2.34. The van der Waals surface area contributed by atoms with Gasteiger partial charge in [0.25, 0.3) is 5.91 Å². The molecule has 2 heterocycles. The Morgan fingerprint density at radius 1 is 1.29 bits per heavy atom. The highest BCUT2D eigenvalue weighted by molar-refractivity contribution is 7.13. The van der Waals surface area contributed by atoms with E-state index in [1.165, 1.54) is 11.3 Å². The first kappa shape index (κ1) is 15.9. The van der Waals surface area contributed by atoms with E-state index in [9.17, 15) is 9.59 Å². The van der Waals surface area contributed by atoms with E-state index in [1.54, 1.807) is 23.9 Å². The summed E-state index contributed by atoms with van der Waals surface area (Å²) in [6, 6.07) is -0.271. The minimum atomic E-state index is -0.271. The predicted octanol–water partition coefficient (Wildman–Crippen LogP) is 0.604. The van der Waals surface area contributed by atoms with Gasteiger partial charge in [0, 0.05) is 33.7 Å². The van der Waals surface area contributed by atoms with Crippen molar-refractivity contribution in [1.82, 2.24) is 19.7 Å². The maximum absolute atomic E-state index is 12.6. The summed E-state index contributed by atoms with van der Waals surface area (Å²) in [5.74, 6) is 0.0231. The summed E-state index contributed by atoms with van der Waals surface area (Å²) in [4.78, 5) is 35.2. The van der Waals surface area contributed by atoms with Gasteiger partial charge in [0.05, 0.1) is 10.7 Å². The van der Waals surface area contributed by atoms with Crippen molar-refractivity contribution < 1.29 is 9.59 Å². The number of amides is 2. The summed E-state index contributed by atoms with van der Waals surface area (Å²) in [5, 5.41) is 0.894. The van der Waals surface area contributed by atoms with Crippen LogP contribution in [0.15, 0.2) is 0 Å². The number of nitrogens with zero attached hydrogens (tertiary/aromatic N) is 4. The molecule has 1 aliphatic rings. The second-order valence-corrected chi connectivity index (χ2v) is 6.83. The van der Waals surface area contributed by atoms with Gasteiger partial charge >= 0.3 is 0 Å². The van der Waals surface area contributed by atoms with Crippen LogP contribution in [0.1, 0.15) is 20.4 Å². The van der Waals surface area contributed by atoms with Gasteiger partial charge in [-0.05, 0) is 20.9 Å². The first-order valence-corrected chi connectivity index (χ1v) is 7.77. The van der Waals surface area contributed by atoms with Crippen LogP contribution in [0.25, 0.3) is 0 Å². The molecule has 1 aromatic rings.